The van der Waals surface area contributed by atoms with Crippen LogP contribution in [0.5, 0.6) is 0 Å². The molecule has 3 aromatic heterocycles. The fourth-order valence-electron chi connectivity index (χ4n) is 3.88. The molecule has 8 heteroatoms. The third-order valence-electron chi connectivity index (χ3n) is 5.15. The van der Waals surface area contributed by atoms with Gasteiger partial charge in [-0.05, 0) is 12.0 Å². The molecule has 3 aromatic rings. The number of ether oxygens (including phenoxy) is 1. The largest absolute Gasteiger partial charge is 0.373 e. The number of anilines is 1. The van der Waals surface area contributed by atoms with E-state index in [-0.39, 0.29) is 4.75 Å². The number of H-pyrrole nitrogens is 1. The average Bonchev–Trinajstić information content (AvgIpc) is 3.01. The summed E-state index contributed by atoms with van der Waals surface area (Å²) >= 11 is 10.1. The molecule has 2 aliphatic rings. The molecule has 0 saturated carbocycles. The predicted molar refractivity (Wildman–Crippen MR) is 109 cm³/mol. The minimum absolute atomic E-state index is 0.217. The van der Waals surface area contributed by atoms with Gasteiger partial charge < -0.3 is 4.74 Å². The molecule has 0 aromatic carbocycles. The summed E-state index contributed by atoms with van der Waals surface area (Å²) in [4.78, 5) is 16.0. The number of aromatic amines is 1. The Bertz CT molecular complexity index is 1010. The molecule has 136 valence electrons. The van der Waals surface area contributed by atoms with Crippen molar-refractivity contribution in [3.8, 4) is 0 Å². The van der Waals surface area contributed by atoms with E-state index in [1.807, 2.05) is 11.8 Å². The van der Waals surface area contributed by atoms with E-state index in [1.54, 1.807) is 17.7 Å². The zero-order valence-electron chi connectivity index (χ0n) is 14.8. The van der Waals surface area contributed by atoms with Gasteiger partial charge in [-0.15, -0.1) is 0 Å². The van der Waals surface area contributed by atoms with Crippen molar-refractivity contribution in [2.45, 2.75) is 30.8 Å². The number of rotatable bonds is 1. The van der Waals surface area contributed by atoms with Crippen molar-refractivity contribution in [2.24, 2.45) is 0 Å². The van der Waals surface area contributed by atoms with Gasteiger partial charge in [0.2, 0.25) is 0 Å². The molecule has 1 N–H and O–H groups in total. The molecule has 2 aliphatic heterocycles. The van der Waals surface area contributed by atoms with E-state index in [4.69, 9.17) is 16.3 Å². The molecule has 1 fully saturated rings. The number of nitrogens with zero attached hydrogens (tertiary/aromatic N) is 3. The summed E-state index contributed by atoms with van der Waals surface area (Å²) in [5.41, 5.74) is 3.82. The summed E-state index contributed by atoms with van der Waals surface area (Å²) in [6.07, 6.45) is 2.60. The molecular formula is C18H20ClN4OS2+. The fourth-order valence-corrected chi connectivity index (χ4v) is 6.28. The molecule has 5 heterocycles. The van der Waals surface area contributed by atoms with Crippen LogP contribution in [0.2, 0.25) is 5.15 Å². The van der Waals surface area contributed by atoms with E-state index in [9.17, 15) is 0 Å². The molecule has 1 saturated heterocycles. The van der Waals surface area contributed by atoms with Gasteiger partial charge >= 0.3 is 0 Å². The van der Waals surface area contributed by atoms with Crippen LogP contribution in [-0.2, 0) is 16.9 Å². The number of pyridine rings is 1. The molecule has 5 nitrogen and oxygen atoms in total. The number of hydrogen-bond donors (Lipinski definition) is 0. The van der Waals surface area contributed by atoms with Crippen molar-refractivity contribution in [3.05, 3.63) is 22.6 Å². The monoisotopic (exact) mass is 407 g/mol. The minimum atomic E-state index is 0.217. The van der Waals surface area contributed by atoms with Gasteiger partial charge in [0.1, 0.15) is 24.6 Å². The highest BCUT2D eigenvalue weighted by Gasteiger charge is 2.36. The van der Waals surface area contributed by atoms with Gasteiger partial charge in [-0.3, -0.25) is 4.90 Å². The van der Waals surface area contributed by atoms with Crippen LogP contribution in [0.25, 0.3) is 20.4 Å². The maximum atomic E-state index is 6.37. The molecule has 0 amide bonds. The van der Waals surface area contributed by atoms with Gasteiger partial charge in [-0.2, -0.15) is 11.8 Å². The lowest BCUT2D eigenvalue weighted by atomic mass is 9.94. The molecule has 0 unspecified atom stereocenters. The van der Waals surface area contributed by atoms with Crippen molar-refractivity contribution >= 4 is 61.0 Å². The number of thiophene rings is 1. The lowest BCUT2D eigenvalue weighted by Gasteiger charge is -2.32. The second-order valence-corrected chi connectivity index (χ2v) is 10.5. The van der Waals surface area contributed by atoms with Crippen LogP contribution >= 0.6 is 34.7 Å². The normalized spacial score (nSPS) is 19.9. The molecule has 0 atom stereocenters. The van der Waals surface area contributed by atoms with Gasteiger partial charge in [0.25, 0.3) is 5.82 Å². The highest BCUT2D eigenvalue weighted by atomic mass is 35.5. The molecular weight excluding hydrogens is 388 g/mol. The van der Waals surface area contributed by atoms with Crippen molar-refractivity contribution in [3.63, 3.8) is 0 Å². The SMILES string of the molecule is CC1(C)Cc2c(c(N3CCOCC3)[nH+]c3sc4c(Cl)ncnc4c23)CS1. The van der Waals surface area contributed by atoms with Gasteiger partial charge in [-0.25, -0.2) is 15.0 Å². The Hall–Kier alpha value is -1.15. The van der Waals surface area contributed by atoms with Crippen LogP contribution in [0.4, 0.5) is 5.82 Å². The third kappa shape index (κ3) is 2.68. The lowest BCUT2D eigenvalue weighted by Crippen LogP contribution is -2.41. The number of hydrogen-bond acceptors (Lipinski definition) is 6. The first-order valence-electron chi connectivity index (χ1n) is 8.80. The Morgan fingerprint density at radius 2 is 2.04 bits per heavy atom. The zero-order valence-corrected chi connectivity index (χ0v) is 17.2. The summed E-state index contributed by atoms with van der Waals surface area (Å²) in [6.45, 7) is 8.07. The molecule has 0 bridgehead atoms. The maximum Gasteiger partial charge on any atom is 0.280 e. The Morgan fingerprint density at radius 1 is 1.23 bits per heavy atom. The number of fused-ring (bicyclic) bond motifs is 5. The van der Waals surface area contributed by atoms with Crippen LogP contribution in [0.1, 0.15) is 25.0 Å². The Balaban J connectivity index is 1.82. The van der Waals surface area contributed by atoms with Crippen LogP contribution in [0.15, 0.2) is 6.33 Å². The Labute approximate surface area is 165 Å². The first-order valence-corrected chi connectivity index (χ1v) is 11.0. The third-order valence-corrected chi connectivity index (χ3v) is 8.01. The van der Waals surface area contributed by atoms with Crippen molar-refractivity contribution in [1.29, 1.82) is 0 Å². The topological polar surface area (TPSA) is 52.4 Å². The summed E-state index contributed by atoms with van der Waals surface area (Å²) in [6, 6.07) is 0. The summed E-state index contributed by atoms with van der Waals surface area (Å²) in [7, 11) is 0. The van der Waals surface area contributed by atoms with E-state index in [2.05, 4.69) is 33.7 Å². The standard InChI is InChI=1S/C18H19ClN4OS2/c1-18(2)7-10-11(8-25-18)16(23-3-5-24-6-4-23)22-17-12(10)13-14(26-17)15(19)21-9-20-13/h9H,3-8H2,1-2H3/p+1. The Morgan fingerprint density at radius 3 is 2.85 bits per heavy atom. The van der Waals surface area contributed by atoms with Gasteiger partial charge in [0.15, 0.2) is 4.83 Å². The van der Waals surface area contributed by atoms with E-state index in [0.717, 1.165) is 53.5 Å². The van der Waals surface area contributed by atoms with E-state index in [0.29, 0.717) is 5.15 Å². The molecule has 5 rings (SSSR count). The fraction of sp³-hybridized carbons (Fsp3) is 0.500. The average molecular weight is 408 g/mol. The summed E-state index contributed by atoms with van der Waals surface area (Å²) < 4.78 is 6.74. The van der Waals surface area contributed by atoms with Crippen LogP contribution in [0, 0.1) is 0 Å². The number of nitrogens with one attached hydrogen (secondary N) is 1. The molecule has 0 radical (unpaired) electrons. The summed E-state index contributed by atoms with van der Waals surface area (Å²) in [5.74, 6) is 2.26. The second kappa shape index (κ2) is 6.19. The van der Waals surface area contributed by atoms with E-state index in [1.165, 1.54) is 22.3 Å². The smallest absolute Gasteiger partial charge is 0.280 e. The van der Waals surface area contributed by atoms with Crippen molar-refractivity contribution in [1.82, 2.24) is 9.97 Å². The van der Waals surface area contributed by atoms with E-state index < -0.39 is 0 Å². The molecule has 0 spiro atoms. The van der Waals surface area contributed by atoms with Gasteiger partial charge in [-0.1, -0.05) is 36.8 Å². The quantitative estimate of drug-likeness (QED) is 0.575. The summed E-state index contributed by atoms with van der Waals surface area (Å²) in [5, 5.41) is 1.77. The minimum Gasteiger partial charge on any atom is -0.373 e. The zero-order chi connectivity index (χ0) is 17.9. The van der Waals surface area contributed by atoms with Crippen molar-refractivity contribution < 1.29 is 9.72 Å². The highest BCUT2D eigenvalue weighted by molar-refractivity contribution is 7.99. The first kappa shape index (κ1) is 17.0. The van der Waals surface area contributed by atoms with Crippen LogP contribution in [-0.4, -0.2) is 41.0 Å². The Kier molecular flexibility index (Phi) is 4.04. The first-order chi connectivity index (χ1) is 12.5. The highest BCUT2D eigenvalue weighted by Crippen LogP contribution is 2.46. The number of aromatic nitrogens is 3. The second-order valence-electron chi connectivity index (χ2n) is 7.40. The maximum absolute atomic E-state index is 6.37. The van der Waals surface area contributed by atoms with Crippen LogP contribution < -0.4 is 9.88 Å². The van der Waals surface area contributed by atoms with E-state index >= 15 is 0 Å². The lowest BCUT2D eigenvalue weighted by molar-refractivity contribution is -0.328. The number of halogens is 1. The predicted octanol–water partition coefficient (Wildman–Crippen LogP) is 3.72. The van der Waals surface area contributed by atoms with Crippen LogP contribution in [0.3, 0.4) is 0 Å². The molecule has 0 aliphatic carbocycles. The number of morpholine rings is 1. The molecule has 26 heavy (non-hydrogen) atoms. The number of thioether (sulfide) groups is 1. The van der Waals surface area contributed by atoms with Gasteiger partial charge in [0, 0.05) is 10.5 Å². The van der Waals surface area contributed by atoms with Gasteiger partial charge in [0.05, 0.1) is 34.4 Å². The van der Waals surface area contributed by atoms with Crippen molar-refractivity contribution in [2.75, 3.05) is 31.2 Å².